The zero-order valence-corrected chi connectivity index (χ0v) is 5.41. The number of dihydropyridines is 1. The highest BCUT2D eigenvalue weighted by molar-refractivity contribution is 6.12. The molecule has 0 aliphatic carbocycles. The summed E-state index contributed by atoms with van der Waals surface area (Å²) in [5.74, 6) is 0. The van der Waals surface area contributed by atoms with Gasteiger partial charge in [-0.2, -0.15) is 0 Å². The lowest BCUT2D eigenvalue weighted by Gasteiger charge is -2.06. The Bertz CT molecular complexity index is 281. The van der Waals surface area contributed by atoms with Crippen LogP contribution in [0.3, 0.4) is 0 Å². The number of fused-ring (bicyclic) bond motifs is 1. The van der Waals surface area contributed by atoms with Crippen LogP contribution in [0.15, 0.2) is 33.5 Å². The predicted molar refractivity (Wildman–Crippen MR) is 41.1 cm³/mol. The molecule has 3 nitrogen and oxygen atoms in total. The second kappa shape index (κ2) is 1.80. The molecule has 0 amide bonds. The van der Waals surface area contributed by atoms with E-state index < -0.39 is 0 Å². The van der Waals surface area contributed by atoms with Gasteiger partial charge in [0.2, 0.25) is 0 Å². The summed E-state index contributed by atoms with van der Waals surface area (Å²) in [7, 11) is 0. The summed E-state index contributed by atoms with van der Waals surface area (Å²) in [4.78, 5) is 8.11. The normalized spacial score (nSPS) is 21.4. The maximum Gasteiger partial charge on any atom is 0.0819 e. The maximum absolute atomic E-state index is 5.62. The molecule has 50 valence electrons. The van der Waals surface area contributed by atoms with Crippen LogP contribution in [0.5, 0.6) is 0 Å². The van der Waals surface area contributed by atoms with Crippen molar-refractivity contribution in [2.24, 2.45) is 15.7 Å². The third-order valence-electron chi connectivity index (χ3n) is 1.56. The molecule has 2 aliphatic heterocycles. The molecular formula is C7H7N3. The molecule has 10 heavy (non-hydrogen) atoms. The van der Waals surface area contributed by atoms with Gasteiger partial charge in [-0.1, -0.05) is 0 Å². The fraction of sp³-hybridized carbons (Fsp3) is 0.143. The SMILES string of the molecule is NC1=C2C=CN=C2CN=C1. The number of rotatable bonds is 0. The van der Waals surface area contributed by atoms with E-state index in [-0.39, 0.29) is 0 Å². The molecule has 0 aromatic heterocycles. The number of aliphatic imine (C=N–C) groups is 2. The first-order valence-electron chi connectivity index (χ1n) is 3.11. The van der Waals surface area contributed by atoms with Crippen LogP contribution < -0.4 is 5.73 Å². The van der Waals surface area contributed by atoms with E-state index in [1.54, 1.807) is 12.4 Å². The molecule has 0 fully saturated rings. The van der Waals surface area contributed by atoms with Gasteiger partial charge in [-0.25, -0.2) is 0 Å². The van der Waals surface area contributed by atoms with Gasteiger partial charge in [0.1, 0.15) is 0 Å². The quantitative estimate of drug-likeness (QED) is 0.506. The molecule has 0 saturated heterocycles. The number of nitrogens with zero attached hydrogens (tertiary/aromatic N) is 2. The fourth-order valence-corrected chi connectivity index (χ4v) is 1.06. The average Bonchev–Trinajstić information content (AvgIpc) is 2.36. The van der Waals surface area contributed by atoms with Crippen molar-refractivity contribution in [3.05, 3.63) is 23.5 Å². The molecule has 0 spiro atoms. The van der Waals surface area contributed by atoms with Crippen molar-refractivity contribution >= 4 is 11.9 Å². The Morgan fingerprint density at radius 3 is 3.20 bits per heavy atom. The second-order valence-corrected chi connectivity index (χ2v) is 2.23. The number of allylic oxidation sites excluding steroid dienone is 2. The van der Waals surface area contributed by atoms with Crippen LogP contribution in [0.25, 0.3) is 0 Å². The summed E-state index contributed by atoms with van der Waals surface area (Å²) in [6, 6.07) is 0. The second-order valence-electron chi connectivity index (χ2n) is 2.23. The lowest BCUT2D eigenvalue weighted by molar-refractivity contribution is 1.26. The van der Waals surface area contributed by atoms with Crippen molar-refractivity contribution in [3.63, 3.8) is 0 Å². The van der Waals surface area contributed by atoms with Gasteiger partial charge in [0.15, 0.2) is 0 Å². The summed E-state index contributed by atoms with van der Waals surface area (Å²) < 4.78 is 0. The summed E-state index contributed by atoms with van der Waals surface area (Å²) >= 11 is 0. The van der Waals surface area contributed by atoms with E-state index in [1.807, 2.05) is 6.08 Å². The lowest BCUT2D eigenvalue weighted by Crippen LogP contribution is -2.16. The fourth-order valence-electron chi connectivity index (χ4n) is 1.06. The predicted octanol–water partition coefficient (Wildman–Crippen LogP) is 0.252. The lowest BCUT2D eigenvalue weighted by atomic mass is 10.1. The number of nitrogens with two attached hydrogens (primary N) is 1. The van der Waals surface area contributed by atoms with Crippen LogP contribution in [0, 0.1) is 0 Å². The first-order valence-corrected chi connectivity index (χ1v) is 3.11. The molecule has 0 atom stereocenters. The van der Waals surface area contributed by atoms with E-state index in [2.05, 4.69) is 9.98 Å². The van der Waals surface area contributed by atoms with Gasteiger partial charge in [-0.3, -0.25) is 9.98 Å². The van der Waals surface area contributed by atoms with E-state index in [0.717, 1.165) is 17.0 Å². The van der Waals surface area contributed by atoms with Gasteiger partial charge in [0.05, 0.1) is 18.0 Å². The van der Waals surface area contributed by atoms with Crippen molar-refractivity contribution in [3.8, 4) is 0 Å². The summed E-state index contributed by atoms with van der Waals surface area (Å²) in [6.07, 6.45) is 5.35. The van der Waals surface area contributed by atoms with E-state index in [1.165, 1.54) is 0 Å². The Morgan fingerprint density at radius 2 is 2.40 bits per heavy atom. The van der Waals surface area contributed by atoms with E-state index in [4.69, 9.17) is 5.73 Å². The highest BCUT2D eigenvalue weighted by Gasteiger charge is 2.13. The van der Waals surface area contributed by atoms with Gasteiger partial charge in [0.25, 0.3) is 0 Å². The van der Waals surface area contributed by atoms with Gasteiger partial charge in [0, 0.05) is 18.0 Å². The number of hydrogen-bond donors (Lipinski definition) is 1. The van der Waals surface area contributed by atoms with Crippen LogP contribution in [0.2, 0.25) is 0 Å². The van der Waals surface area contributed by atoms with Crippen molar-refractivity contribution in [1.29, 1.82) is 0 Å². The molecule has 0 aromatic carbocycles. The van der Waals surface area contributed by atoms with Gasteiger partial charge in [-0.05, 0) is 6.08 Å². The first kappa shape index (κ1) is 5.41. The maximum atomic E-state index is 5.62. The minimum absolute atomic E-state index is 0.670. The molecule has 2 heterocycles. The Labute approximate surface area is 58.7 Å². The van der Waals surface area contributed by atoms with E-state index in [9.17, 15) is 0 Å². The summed E-state index contributed by atoms with van der Waals surface area (Å²) in [6.45, 7) is 0.670. The molecule has 0 unspecified atom stereocenters. The van der Waals surface area contributed by atoms with Crippen LogP contribution in [0.1, 0.15) is 0 Å². The molecule has 2 rings (SSSR count). The zero-order valence-electron chi connectivity index (χ0n) is 5.41. The van der Waals surface area contributed by atoms with Crippen molar-refractivity contribution in [2.45, 2.75) is 0 Å². The van der Waals surface area contributed by atoms with Crippen LogP contribution in [-0.4, -0.2) is 18.5 Å². The molecule has 3 heteroatoms. The Morgan fingerprint density at radius 1 is 1.50 bits per heavy atom. The standard InChI is InChI=1S/C7H7N3/c8-6-3-9-4-7-5(6)1-2-10-7/h1-3H,4,8H2. The molecule has 0 saturated carbocycles. The van der Waals surface area contributed by atoms with Gasteiger partial charge >= 0.3 is 0 Å². The molecule has 2 N–H and O–H groups in total. The summed E-state index contributed by atoms with van der Waals surface area (Å²) in [5, 5.41) is 0. The first-order chi connectivity index (χ1) is 4.88. The largest absolute Gasteiger partial charge is 0.397 e. The minimum atomic E-state index is 0.670. The Hall–Kier alpha value is -1.38. The smallest absolute Gasteiger partial charge is 0.0819 e. The minimum Gasteiger partial charge on any atom is -0.397 e. The Balaban J connectivity index is 2.53. The van der Waals surface area contributed by atoms with Crippen molar-refractivity contribution in [1.82, 2.24) is 0 Å². The highest BCUT2D eigenvalue weighted by Crippen LogP contribution is 2.13. The molecular weight excluding hydrogens is 126 g/mol. The topological polar surface area (TPSA) is 50.7 Å². The average molecular weight is 133 g/mol. The Kier molecular flexibility index (Phi) is 0.974. The third kappa shape index (κ3) is 0.603. The number of hydrogen-bond acceptors (Lipinski definition) is 3. The monoisotopic (exact) mass is 133 g/mol. The zero-order chi connectivity index (χ0) is 6.97. The molecule has 0 bridgehead atoms. The van der Waals surface area contributed by atoms with Gasteiger partial charge < -0.3 is 5.73 Å². The molecule has 0 aromatic rings. The van der Waals surface area contributed by atoms with Crippen LogP contribution in [0.4, 0.5) is 0 Å². The van der Waals surface area contributed by atoms with Gasteiger partial charge in [-0.15, -0.1) is 0 Å². The van der Waals surface area contributed by atoms with E-state index >= 15 is 0 Å². The summed E-state index contributed by atoms with van der Waals surface area (Å²) in [5.41, 5.74) is 8.36. The van der Waals surface area contributed by atoms with Crippen LogP contribution >= 0.6 is 0 Å². The van der Waals surface area contributed by atoms with Crippen molar-refractivity contribution in [2.75, 3.05) is 6.54 Å². The van der Waals surface area contributed by atoms with E-state index in [0.29, 0.717) is 6.54 Å². The molecule has 0 radical (unpaired) electrons. The highest BCUT2D eigenvalue weighted by atomic mass is 14.8. The van der Waals surface area contributed by atoms with Crippen LogP contribution in [-0.2, 0) is 0 Å². The molecule has 2 aliphatic rings. The van der Waals surface area contributed by atoms with Crippen molar-refractivity contribution < 1.29 is 0 Å². The third-order valence-corrected chi connectivity index (χ3v) is 1.56.